The van der Waals surface area contributed by atoms with Crippen LogP contribution in [0.1, 0.15) is 38.5 Å². The van der Waals surface area contributed by atoms with Gasteiger partial charge in [0.2, 0.25) is 5.91 Å². The van der Waals surface area contributed by atoms with Gasteiger partial charge in [-0.05, 0) is 29.2 Å². The van der Waals surface area contributed by atoms with E-state index in [1.807, 2.05) is 42.5 Å². The van der Waals surface area contributed by atoms with Gasteiger partial charge in [-0.1, -0.05) is 42.5 Å². The molecule has 1 aliphatic rings. The number of aromatic nitrogens is 1. The van der Waals surface area contributed by atoms with Gasteiger partial charge in [-0.15, -0.1) is 11.3 Å². The summed E-state index contributed by atoms with van der Waals surface area (Å²) in [6.45, 7) is 0.719. The molecule has 1 amide bonds. The number of benzene rings is 2. The molecule has 0 fully saturated rings. The standard InChI is InChI=1S/C23H22N2O4S/c1-28-22(27)21-19(14-15-5-3-2-4-6-15)30-23(25-21)24-20(26)10-8-16-7-9-18-17(13-16)11-12-29-18/h2-7,9,13H,8,10-12,14H2,1H3,(H,24,25,26). The predicted octanol–water partition coefficient (Wildman–Crippen LogP) is 4.03. The van der Waals surface area contributed by atoms with Gasteiger partial charge in [-0.2, -0.15) is 0 Å². The molecular weight excluding hydrogens is 400 g/mol. The van der Waals surface area contributed by atoms with Crippen molar-refractivity contribution in [3.8, 4) is 5.75 Å². The predicted molar refractivity (Wildman–Crippen MR) is 115 cm³/mol. The van der Waals surface area contributed by atoms with Crippen LogP contribution in [0.5, 0.6) is 5.75 Å². The maximum Gasteiger partial charge on any atom is 0.357 e. The third kappa shape index (κ3) is 4.68. The second-order valence-corrected chi connectivity index (χ2v) is 8.12. The van der Waals surface area contributed by atoms with E-state index in [-0.39, 0.29) is 11.6 Å². The van der Waals surface area contributed by atoms with Gasteiger partial charge in [0.15, 0.2) is 10.8 Å². The topological polar surface area (TPSA) is 77.5 Å². The van der Waals surface area contributed by atoms with Gasteiger partial charge >= 0.3 is 5.97 Å². The van der Waals surface area contributed by atoms with E-state index in [4.69, 9.17) is 9.47 Å². The number of nitrogens with zero attached hydrogens (tertiary/aromatic N) is 1. The average molecular weight is 423 g/mol. The monoisotopic (exact) mass is 422 g/mol. The normalized spacial score (nSPS) is 12.2. The lowest BCUT2D eigenvalue weighted by Gasteiger charge is -2.04. The van der Waals surface area contributed by atoms with Crippen molar-refractivity contribution < 1.29 is 19.1 Å². The van der Waals surface area contributed by atoms with Crippen LogP contribution in [0.3, 0.4) is 0 Å². The second-order valence-electron chi connectivity index (χ2n) is 7.03. The van der Waals surface area contributed by atoms with Crippen molar-refractivity contribution in [1.29, 1.82) is 0 Å². The first-order chi connectivity index (χ1) is 14.6. The van der Waals surface area contributed by atoms with Gasteiger partial charge in [0.25, 0.3) is 0 Å². The number of methoxy groups -OCH3 is 1. The summed E-state index contributed by atoms with van der Waals surface area (Å²) in [7, 11) is 1.33. The van der Waals surface area contributed by atoms with Crippen LogP contribution < -0.4 is 10.1 Å². The van der Waals surface area contributed by atoms with Crippen LogP contribution in [0, 0.1) is 0 Å². The van der Waals surface area contributed by atoms with Crippen molar-refractivity contribution >= 4 is 28.3 Å². The molecule has 1 aromatic heterocycles. The Labute approximate surface area is 178 Å². The van der Waals surface area contributed by atoms with E-state index in [1.165, 1.54) is 24.0 Å². The van der Waals surface area contributed by atoms with E-state index in [9.17, 15) is 9.59 Å². The number of aryl methyl sites for hydroxylation is 1. The third-order valence-corrected chi connectivity index (χ3v) is 5.90. The summed E-state index contributed by atoms with van der Waals surface area (Å²) in [6, 6.07) is 15.9. The smallest absolute Gasteiger partial charge is 0.357 e. The number of carbonyl (C=O) groups is 2. The number of anilines is 1. The van der Waals surface area contributed by atoms with Gasteiger partial charge in [-0.3, -0.25) is 4.79 Å². The van der Waals surface area contributed by atoms with Crippen molar-refractivity contribution in [2.75, 3.05) is 19.0 Å². The average Bonchev–Trinajstić information content (AvgIpc) is 3.39. The van der Waals surface area contributed by atoms with Crippen molar-refractivity contribution in [3.63, 3.8) is 0 Å². The van der Waals surface area contributed by atoms with E-state index >= 15 is 0 Å². The van der Waals surface area contributed by atoms with E-state index in [0.717, 1.165) is 34.8 Å². The summed E-state index contributed by atoms with van der Waals surface area (Å²) in [6.07, 6.45) is 2.43. The van der Waals surface area contributed by atoms with E-state index in [1.54, 1.807) is 0 Å². The van der Waals surface area contributed by atoms with Crippen LogP contribution in [0.15, 0.2) is 48.5 Å². The zero-order valence-electron chi connectivity index (χ0n) is 16.6. The quantitative estimate of drug-likeness (QED) is 0.582. The Morgan fingerprint density at radius 2 is 2.00 bits per heavy atom. The number of rotatable bonds is 7. The zero-order valence-corrected chi connectivity index (χ0v) is 17.5. The Bertz CT molecular complexity index is 1060. The maximum atomic E-state index is 12.5. The number of hydrogen-bond donors (Lipinski definition) is 1. The zero-order chi connectivity index (χ0) is 20.9. The molecule has 0 saturated carbocycles. The molecule has 3 aromatic rings. The number of thiazole rings is 1. The lowest BCUT2D eigenvalue weighted by Crippen LogP contribution is -2.12. The summed E-state index contributed by atoms with van der Waals surface area (Å²) >= 11 is 1.30. The molecule has 0 aliphatic carbocycles. The number of carbonyl (C=O) groups excluding carboxylic acids is 2. The van der Waals surface area contributed by atoms with Crippen LogP contribution in [-0.4, -0.2) is 30.6 Å². The molecule has 1 N–H and O–H groups in total. The highest BCUT2D eigenvalue weighted by atomic mass is 32.1. The van der Waals surface area contributed by atoms with Crippen LogP contribution in [0.2, 0.25) is 0 Å². The van der Waals surface area contributed by atoms with Crippen LogP contribution in [0.25, 0.3) is 0 Å². The van der Waals surface area contributed by atoms with Gasteiger partial charge in [0, 0.05) is 24.1 Å². The summed E-state index contributed by atoms with van der Waals surface area (Å²) < 4.78 is 10.4. The summed E-state index contributed by atoms with van der Waals surface area (Å²) in [5.74, 6) is 0.300. The molecule has 0 bridgehead atoms. The van der Waals surface area contributed by atoms with Crippen molar-refractivity contribution in [2.24, 2.45) is 0 Å². The molecule has 1 aliphatic heterocycles. The SMILES string of the molecule is COC(=O)c1nc(NC(=O)CCc2ccc3c(c2)CCO3)sc1Cc1ccccc1. The maximum absolute atomic E-state index is 12.5. The number of esters is 1. The molecular formula is C23H22N2O4S. The molecule has 0 radical (unpaired) electrons. The largest absolute Gasteiger partial charge is 0.493 e. The van der Waals surface area contributed by atoms with Crippen molar-refractivity contribution in [3.05, 3.63) is 75.8 Å². The molecule has 0 saturated heterocycles. The third-order valence-electron chi connectivity index (χ3n) is 4.92. The van der Waals surface area contributed by atoms with Crippen molar-refractivity contribution in [2.45, 2.75) is 25.7 Å². The molecule has 4 rings (SSSR count). The molecule has 6 nitrogen and oxygen atoms in total. The van der Waals surface area contributed by atoms with E-state index < -0.39 is 5.97 Å². The fourth-order valence-corrected chi connectivity index (χ4v) is 4.40. The van der Waals surface area contributed by atoms with Gasteiger partial charge in [0.1, 0.15) is 5.75 Å². The molecule has 2 aromatic carbocycles. The minimum absolute atomic E-state index is 0.136. The van der Waals surface area contributed by atoms with Crippen LogP contribution >= 0.6 is 11.3 Å². The highest BCUT2D eigenvalue weighted by molar-refractivity contribution is 7.16. The van der Waals surface area contributed by atoms with Gasteiger partial charge in [-0.25, -0.2) is 9.78 Å². The number of amides is 1. The molecule has 154 valence electrons. The second kappa shape index (κ2) is 9.09. The van der Waals surface area contributed by atoms with Crippen LogP contribution in [-0.2, 0) is 28.8 Å². The summed E-state index contributed by atoms with van der Waals surface area (Å²) in [5.41, 5.74) is 3.61. The number of hydrogen-bond acceptors (Lipinski definition) is 6. The molecule has 7 heteroatoms. The first kappa shape index (κ1) is 20.1. The molecule has 0 unspecified atom stereocenters. The Kier molecular flexibility index (Phi) is 6.09. The molecule has 0 atom stereocenters. The highest BCUT2D eigenvalue weighted by Gasteiger charge is 2.20. The van der Waals surface area contributed by atoms with Gasteiger partial charge in [0.05, 0.1) is 13.7 Å². The number of fused-ring (bicyclic) bond motifs is 1. The van der Waals surface area contributed by atoms with E-state index in [2.05, 4.69) is 16.4 Å². The van der Waals surface area contributed by atoms with Crippen LogP contribution in [0.4, 0.5) is 5.13 Å². The Balaban J connectivity index is 1.41. The summed E-state index contributed by atoms with van der Waals surface area (Å²) in [5, 5.41) is 3.24. The first-order valence-electron chi connectivity index (χ1n) is 9.79. The number of ether oxygens (including phenoxy) is 2. The Morgan fingerprint density at radius 3 is 2.80 bits per heavy atom. The molecule has 30 heavy (non-hydrogen) atoms. The Morgan fingerprint density at radius 1 is 1.17 bits per heavy atom. The number of nitrogens with one attached hydrogen (secondary N) is 1. The molecule has 0 spiro atoms. The lowest BCUT2D eigenvalue weighted by atomic mass is 10.0. The Hall–Kier alpha value is -3.19. The lowest BCUT2D eigenvalue weighted by molar-refractivity contribution is -0.116. The van der Waals surface area contributed by atoms with E-state index in [0.29, 0.717) is 24.4 Å². The fourth-order valence-electron chi connectivity index (χ4n) is 3.40. The minimum atomic E-state index is -0.502. The summed E-state index contributed by atoms with van der Waals surface area (Å²) in [4.78, 5) is 29.7. The van der Waals surface area contributed by atoms with Gasteiger partial charge < -0.3 is 14.8 Å². The fraction of sp³-hybridized carbons (Fsp3) is 0.261. The van der Waals surface area contributed by atoms with Crippen molar-refractivity contribution in [1.82, 2.24) is 4.98 Å². The molecule has 2 heterocycles. The minimum Gasteiger partial charge on any atom is -0.493 e. The first-order valence-corrected chi connectivity index (χ1v) is 10.6. The highest BCUT2D eigenvalue weighted by Crippen LogP contribution is 2.28.